The Morgan fingerprint density at radius 2 is 1.77 bits per heavy atom. The van der Waals surface area contributed by atoms with Crippen molar-refractivity contribution in [3.05, 3.63) is 29.8 Å². The van der Waals surface area contributed by atoms with Crippen molar-refractivity contribution >= 4 is 18.4 Å². The molecule has 0 fully saturated rings. The number of carbonyl (C=O) groups excluding carboxylic acids is 2. The number of hydrogen-bond acceptors (Lipinski definition) is 5. The summed E-state index contributed by atoms with van der Waals surface area (Å²) in [5.41, 5.74) is 2.43. The smallest absolute Gasteiger partial charge is 0.428 e. The molecule has 0 aliphatic rings. The molecule has 0 heterocycles. The zero-order chi connectivity index (χ0) is 16.8. The minimum absolute atomic E-state index is 0.427. The van der Waals surface area contributed by atoms with Crippen LogP contribution in [0.1, 0.15) is 26.3 Å². The quantitative estimate of drug-likeness (QED) is 0.687. The molecular weight excluding hydrogens is 286 g/mol. The van der Waals surface area contributed by atoms with E-state index >= 15 is 0 Å². The minimum atomic E-state index is -0.625. The van der Waals surface area contributed by atoms with Gasteiger partial charge >= 0.3 is 12.2 Å². The highest BCUT2D eigenvalue weighted by Crippen LogP contribution is 2.12. The van der Waals surface area contributed by atoms with E-state index in [2.05, 4.69) is 10.5 Å². The van der Waals surface area contributed by atoms with E-state index in [1.807, 2.05) is 0 Å². The van der Waals surface area contributed by atoms with Gasteiger partial charge in [-0.3, -0.25) is 0 Å². The maximum Gasteiger partial charge on any atom is 0.428 e. The molecule has 0 aliphatic carbocycles. The van der Waals surface area contributed by atoms with Gasteiger partial charge in [0.15, 0.2) is 0 Å². The molecular formula is C15H21N3O4. The summed E-state index contributed by atoms with van der Waals surface area (Å²) in [6.07, 6.45) is 0.384. The molecule has 1 N–H and O–H groups in total. The van der Waals surface area contributed by atoms with Gasteiger partial charge in [0.2, 0.25) is 0 Å². The van der Waals surface area contributed by atoms with Crippen LogP contribution in [0.4, 0.5) is 9.59 Å². The van der Waals surface area contributed by atoms with E-state index < -0.39 is 17.8 Å². The fraction of sp³-hybridized carbons (Fsp3) is 0.400. The van der Waals surface area contributed by atoms with Gasteiger partial charge in [0, 0.05) is 14.1 Å². The van der Waals surface area contributed by atoms with Gasteiger partial charge in [-0.25, -0.2) is 15.0 Å². The van der Waals surface area contributed by atoms with Crippen molar-refractivity contribution in [3.8, 4) is 5.75 Å². The Morgan fingerprint density at radius 3 is 2.27 bits per heavy atom. The molecule has 2 amide bonds. The lowest BCUT2D eigenvalue weighted by Crippen LogP contribution is -2.29. The van der Waals surface area contributed by atoms with Gasteiger partial charge in [-0.15, -0.1) is 0 Å². The zero-order valence-corrected chi connectivity index (χ0v) is 13.4. The van der Waals surface area contributed by atoms with Gasteiger partial charge in [0.1, 0.15) is 11.4 Å². The van der Waals surface area contributed by atoms with Crippen molar-refractivity contribution in [1.82, 2.24) is 10.3 Å². The number of benzene rings is 1. The van der Waals surface area contributed by atoms with Crippen molar-refractivity contribution in [2.24, 2.45) is 5.10 Å². The summed E-state index contributed by atoms with van der Waals surface area (Å²) in [6, 6.07) is 6.68. The number of hydrazone groups is 1. The number of carbonyl (C=O) groups is 2. The van der Waals surface area contributed by atoms with Crippen molar-refractivity contribution < 1.29 is 19.1 Å². The summed E-state index contributed by atoms with van der Waals surface area (Å²) >= 11 is 0. The predicted molar refractivity (Wildman–Crippen MR) is 83.1 cm³/mol. The number of nitrogens with zero attached hydrogens (tertiary/aromatic N) is 2. The second-order valence-corrected chi connectivity index (χ2v) is 5.70. The summed E-state index contributed by atoms with van der Waals surface area (Å²) in [5, 5.41) is 3.78. The van der Waals surface area contributed by atoms with E-state index in [0.29, 0.717) is 5.75 Å². The summed E-state index contributed by atoms with van der Waals surface area (Å²) in [4.78, 5) is 24.1. The highest BCUT2D eigenvalue weighted by molar-refractivity contribution is 5.81. The zero-order valence-electron chi connectivity index (χ0n) is 13.4. The first-order valence-electron chi connectivity index (χ1n) is 6.68. The molecule has 1 rings (SSSR count). The average Bonchev–Trinajstić information content (AvgIpc) is 2.38. The Morgan fingerprint density at radius 1 is 1.18 bits per heavy atom. The minimum Gasteiger partial charge on any atom is -0.443 e. The van der Waals surface area contributed by atoms with E-state index in [0.717, 1.165) is 5.56 Å². The van der Waals surface area contributed by atoms with E-state index in [1.165, 1.54) is 11.1 Å². The van der Waals surface area contributed by atoms with Crippen LogP contribution in [0.3, 0.4) is 0 Å². The van der Waals surface area contributed by atoms with E-state index in [1.54, 1.807) is 59.1 Å². The Balaban J connectivity index is 2.52. The van der Waals surface area contributed by atoms with Crippen molar-refractivity contribution in [3.63, 3.8) is 0 Å². The van der Waals surface area contributed by atoms with Gasteiger partial charge in [-0.05, 0) is 50.6 Å². The monoisotopic (exact) mass is 307 g/mol. The predicted octanol–water partition coefficient (Wildman–Crippen LogP) is 2.61. The second kappa shape index (κ2) is 7.44. The first-order valence-corrected chi connectivity index (χ1v) is 6.68. The van der Waals surface area contributed by atoms with Crippen LogP contribution in [-0.2, 0) is 4.74 Å². The van der Waals surface area contributed by atoms with Crippen LogP contribution in [0.15, 0.2) is 29.4 Å². The number of hydrogen-bond donors (Lipinski definition) is 1. The van der Waals surface area contributed by atoms with Gasteiger partial charge in [-0.1, -0.05) is 0 Å². The van der Waals surface area contributed by atoms with Crippen LogP contribution in [0.2, 0.25) is 0 Å². The third kappa shape index (κ3) is 6.74. The maximum absolute atomic E-state index is 11.4. The van der Waals surface area contributed by atoms with Gasteiger partial charge in [-0.2, -0.15) is 5.10 Å². The molecule has 0 saturated carbocycles. The lowest BCUT2D eigenvalue weighted by molar-refractivity contribution is 0.0529. The molecule has 0 aromatic heterocycles. The second-order valence-electron chi connectivity index (χ2n) is 5.70. The summed E-state index contributed by atoms with van der Waals surface area (Å²) < 4.78 is 10.1. The Bertz CT molecular complexity index is 545. The normalized spacial score (nSPS) is 11.1. The lowest BCUT2D eigenvalue weighted by Gasteiger charge is -2.18. The third-order valence-electron chi connectivity index (χ3n) is 2.22. The SMILES string of the molecule is CN(C)C(=O)Oc1ccc(/C=N/NC(=O)OC(C)(C)C)cc1. The Hall–Kier alpha value is -2.57. The molecule has 0 bridgehead atoms. The Labute approximate surface area is 129 Å². The summed E-state index contributed by atoms with van der Waals surface area (Å²) in [7, 11) is 3.21. The fourth-order valence-corrected chi connectivity index (χ4v) is 1.27. The number of ether oxygens (including phenoxy) is 2. The molecule has 120 valence electrons. The molecule has 0 radical (unpaired) electrons. The molecule has 0 unspecified atom stereocenters. The fourth-order valence-electron chi connectivity index (χ4n) is 1.27. The highest BCUT2D eigenvalue weighted by atomic mass is 16.6. The number of rotatable bonds is 3. The van der Waals surface area contributed by atoms with Crippen molar-refractivity contribution in [1.29, 1.82) is 0 Å². The largest absolute Gasteiger partial charge is 0.443 e. The van der Waals surface area contributed by atoms with Crippen molar-refractivity contribution in [2.75, 3.05) is 14.1 Å². The van der Waals surface area contributed by atoms with Crippen LogP contribution in [0.5, 0.6) is 5.75 Å². The first kappa shape index (κ1) is 17.5. The van der Waals surface area contributed by atoms with E-state index in [4.69, 9.17) is 9.47 Å². The van der Waals surface area contributed by atoms with Crippen LogP contribution in [0, 0.1) is 0 Å². The maximum atomic E-state index is 11.4. The van der Waals surface area contributed by atoms with Crippen LogP contribution in [0.25, 0.3) is 0 Å². The third-order valence-corrected chi connectivity index (χ3v) is 2.22. The average molecular weight is 307 g/mol. The molecule has 0 spiro atoms. The summed E-state index contributed by atoms with van der Waals surface area (Å²) in [6.45, 7) is 5.30. The Kier molecular flexibility index (Phi) is 5.91. The molecule has 7 nitrogen and oxygen atoms in total. The molecule has 1 aromatic carbocycles. The number of amides is 2. The highest BCUT2D eigenvalue weighted by Gasteiger charge is 2.15. The number of nitrogens with one attached hydrogen (secondary N) is 1. The first-order chi connectivity index (χ1) is 10.2. The van der Waals surface area contributed by atoms with E-state index in [9.17, 15) is 9.59 Å². The van der Waals surface area contributed by atoms with Gasteiger partial charge < -0.3 is 14.4 Å². The molecule has 0 saturated heterocycles. The van der Waals surface area contributed by atoms with Crippen LogP contribution >= 0.6 is 0 Å². The van der Waals surface area contributed by atoms with Crippen molar-refractivity contribution in [2.45, 2.75) is 26.4 Å². The topological polar surface area (TPSA) is 80.2 Å². The lowest BCUT2D eigenvalue weighted by atomic mass is 10.2. The summed E-state index contributed by atoms with van der Waals surface area (Å²) in [5.74, 6) is 0.427. The molecule has 22 heavy (non-hydrogen) atoms. The van der Waals surface area contributed by atoms with Gasteiger partial charge in [0.25, 0.3) is 0 Å². The molecule has 7 heteroatoms. The molecule has 1 aromatic rings. The van der Waals surface area contributed by atoms with Crippen LogP contribution < -0.4 is 10.2 Å². The van der Waals surface area contributed by atoms with Crippen LogP contribution in [-0.4, -0.2) is 43.0 Å². The van der Waals surface area contributed by atoms with E-state index in [-0.39, 0.29) is 0 Å². The standard InChI is InChI=1S/C15H21N3O4/c1-15(2,3)22-13(19)17-16-10-11-6-8-12(9-7-11)21-14(20)18(4)5/h6-10H,1-5H3,(H,17,19)/b16-10+. The molecule has 0 atom stereocenters. The molecule has 0 aliphatic heterocycles. The van der Waals surface area contributed by atoms with Gasteiger partial charge in [0.05, 0.1) is 6.21 Å².